The van der Waals surface area contributed by atoms with Crippen LogP contribution in [0, 0.1) is 71.5 Å². The van der Waals surface area contributed by atoms with E-state index in [-0.39, 0.29) is 74.2 Å². The van der Waals surface area contributed by atoms with Gasteiger partial charge in [0.15, 0.2) is 37.7 Å². The minimum atomic E-state index is -5.31. The summed E-state index contributed by atoms with van der Waals surface area (Å²) < 4.78 is 224. The molecule has 111 heavy (non-hydrogen) atoms. The van der Waals surface area contributed by atoms with Gasteiger partial charge in [0, 0.05) is 47.8 Å². The van der Waals surface area contributed by atoms with E-state index in [2.05, 4.69) is 12.8 Å². The molecule has 0 spiro atoms. The Hall–Kier alpha value is -5.63. The summed E-state index contributed by atoms with van der Waals surface area (Å²) in [5.41, 5.74) is 2.67. The van der Waals surface area contributed by atoms with Gasteiger partial charge in [-0.25, -0.2) is 25.3 Å². The van der Waals surface area contributed by atoms with Crippen LogP contribution in [-0.4, -0.2) is 207 Å². The summed E-state index contributed by atoms with van der Waals surface area (Å²) in [7, 11) is -15.7. The zero-order chi connectivity index (χ0) is 82.1. The molecule has 0 amide bonds. The lowest BCUT2D eigenvalue weighted by Gasteiger charge is -2.52. The quantitative estimate of drug-likeness (QED) is 0.0277. The first-order chi connectivity index (χ1) is 52.5. The fourth-order valence-electron chi connectivity index (χ4n) is 14.5. The van der Waals surface area contributed by atoms with Crippen molar-refractivity contribution in [2.75, 3.05) is 26.4 Å². The first kappa shape index (κ1) is 94.2. The molecule has 36 heteroatoms. The average Bonchev–Trinajstić information content (AvgIpc) is 0.774. The van der Waals surface area contributed by atoms with Crippen molar-refractivity contribution < 1.29 is 151 Å². The largest absolute Gasteiger partial charge is 0.726 e. The molecule has 0 radical (unpaired) electrons. The zero-order valence-corrected chi connectivity index (χ0v) is 66.6. The Bertz CT molecular complexity index is 3720. The maximum absolute atomic E-state index is 12.4. The summed E-state index contributed by atoms with van der Waals surface area (Å²) in [6, 6.07) is 28.7. The van der Waals surface area contributed by atoms with Gasteiger partial charge in [0.25, 0.3) is 0 Å². The fraction of sp³-hybridized carbons (Fsp3) is 0.693. The SMILES string of the molecule is C#CCCCOC1OC(COS(=O)(=O)[O-])[C@@H](O[C@@H]2OC(C)[C@H](O[C@@H]3OC(COS(=O)(=O)[O-])[C@@H](O[C@@H]4OC(C)[C@@H](O[C@@H]5OC(COS(=O)(=O)[O-])[C@@H](O[C@@H]6OC(C)[C@@H](C)[C@@H](OCc7ccccc7)C6C)[C@H](C)C5C)[C@@H](OCc5ccccc5)C4C)[C@H](C)C3C)[C@@H](OCc3ccccc3)C2C)[C@H](C)C1C.O=C=O.O=C=O.O=C=O. The van der Waals surface area contributed by atoms with Crippen molar-refractivity contribution in [2.45, 2.75) is 246 Å². The summed E-state index contributed by atoms with van der Waals surface area (Å²) in [6.07, 6.45) is -11.0. The highest BCUT2D eigenvalue weighted by Crippen LogP contribution is 2.45. The van der Waals surface area contributed by atoms with E-state index in [0.717, 1.165) is 16.7 Å². The summed E-state index contributed by atoms with van der Waals surface area (Å²) >= 11 is 0. The van der Waals surface area contributed by atoms with Gasteiger partial charge in [0.2, 0.25) is 31.2 Å². The van der Waals surface area contributed by atoms with Crippen LogP contribution in [0.3, 0.4) is 0 Å². The van der Waals surface area contributed by atoms with E-state index in [1.807, 2.05) is 160 Å². The normalized spacial score (nSPS) is 36.4. The van der Waals surface area contributed by atoms with Gasteiger partial charge in [-0.3, -0.25) is 12.5 Å². The van der Waals surface area contributed by atoms with Gasteiger partial charge in [-0.1, -0.05) is 160 Å². The van der Waals surface area contributed by atoms with Crippen LogP contribution in [0.1, 0.15) is 120 Å². The zero-order valence-electron chi connectivity index (χ0n) is 64.1. The Balaban J connectivity index is 0.00000203. The number of rotatable bonds is 32. The lowest BCUT2D eigenvalue weighted by atomic mass is 9.83. The van der Waals surface area contributed by atoms with Crippen LogP contribution in [0.25, 0.3) is 0 Å². The van der Waals surface area contributed by atoms with Crippen molar-refractivity contribution in [3.05, 3.63) is 108 Å². The van der Waals surface area contributed by atoms with Gasteiger partial charge in [0.1, 0.15) is 30.5 Å². The molecule has 3 aromatic carbocycles. The molecule has 13 unspecified atom stereocenters. The maximum atomic E-state index is 12.4. The van der Waals surface area contributed by atoms with E-state index in [9.17, 15) is 38.9 Å². The number of ether oxygens (including phenoxy) is 15. The minimum Gasteiger partial charge on any atom is -0.726 e. The van der Waals surface area contributed by atoms with Gasteiger partial charge < -0.3 is 84.7 Å². The fourth-order valence-corrected chi connectivity index (χ4v) is 15.4. The molecule has 6 fully saturated rings. The maximum Gasteiger partial charge on any atom is 0.373 e. The van der Waals surface area contributed by atoms with Crippen molar-refractivity contribution in [2.24, 2.45) is 59.2 Å². The van der Waals surface area contributed by atoms with Crippen LogP contribution in [0.2, 0.25) is 0 Å². The Labute approximate surface area is 649 Å². The Kier molecular flexibility index (Phi) is 38.2. The average molecular weight is 1630 g/mol. The second kappa shape index (κ2) is 45.0. The van der Waals surface area contributed by atoms with Gasteiger partial charge in [-0.15, -0.1) is 12.3 Å². The highest BCUT2D eigenvalue weighted by molar-refractivity contribution is 7.81. The van der Waals surface area contributed by atoms with Gasteiger partial charge in [0.05, 0.1) is 101 Å². The second-order valence-corrected chi connectivity index (χ2v) is 31.8. The van der Waals surface area contributed by atoms with E-state index < -0.39 is 198 Å². The third kappa shape index (κ3) is 28.1. The number of unbranched alkanes of at least 4 members (excludes halogenated alkanes) is 1. The number of terminal acetylenes is 1. The topological polar surface area (TPSA) is 440 Å². The van der Waals surface area contributed by atoms with Crippen molar-refractivity contribution in [1.82, 2.24) is 0 Å². The number of benzene rings is 3. The first-order valence-corrected chi connectivity index (χ1v) is 40.5. The lowest BCUT2D eigenvalue weighted by Crippen LogP contribution is -2.62. The third-order valence-electron chi connectivity index (χ3n) is 21.3. The summed E-state index contributed by atoms with van der Waals surface area (Å²) in [4.78, 5) is 48.8. The number of carbonyl (C=O) groups excluding carboxylic acids is 6. The van der Waals surface area contributed by atoms with Gasteiger partial charge in [-0.05, 0) is 61.6 Å². The predicted molar refractivity (Wildman–Crippen MR) is 376 cm³/mol. The van der Waals surface area contributed by atoms with E-state index in [4.69, 9.17) is 119 Å². The van der Waals surface area contributed by atoms with Crippen molar-refractivity contribution in [1.29, 1.82) is 0 Å². The second-order valence-electron chi connectivity index (χ2n) is 28.6. The molecular weight excluding hydrogens is 1520 g/mol. The number of hydrogen-bond donors (Lipinski definition) is 0. The Morgan fingerprint density at radius 1 is 0.333 bits per heavy atom. The molecule has 622 valence electrons. The van der Waals surface area contributed by atoms with E-state index in [0.29, 0.717) is 19.4 Å². The monoisotopic (exact) mass is 1630 g/mol. The van der Waals surface area contributed by atoms with Crippen molar-refractivity contribution in [3.8, 4) is 12.3 Å². The van der Waals surface area contributed by atoms with E-state index in [1.54, 1.807) is 13.8 Å². The van der Waals surface area contributed by atoms with Crippen LogP contribution in [0.4, 0.5) is 0 Å². The predicted octanol–water partition coefficient (Wildman–Crippen LogP) is 6.55. The van der Waals surface area contributed by atoms with Gasteiger partial charge >= 0.3 is 18.5 Å². The summed E-state index contributed by atoms with van der Waals surface area (Å²) in [5, 5.41) is 0. The van der Waals surface area contributed by atoms with E-state index in [1.165, 1.54) is 0 Å². The Morgan fingerprint density at radius 3 is 0.919 bits per heavy atom. The van der Waals surface area contributed by atoms with Crippen LogP contribution in [-0.2, 0) is 163 Å². The smallest absolute Gasteiger partial charge is 0.373 e. The molecule has 0 aliphatic carbocycles. The standard InChI is InChI=1S/C72H106O27S3.3CO2/c1-15-16-26-33-82-67-43(5)40(2)60(56(92-67)37-86-100(73,74)75)96-71-48(10)63(84-35-54-29-22-18-23-30-54)65(51(13)90-71)99-69-45(7)42(4)62(58(94-69)39-88-102(79,80)81)97-72-49(11)64(85-36-55-31-24-19-25-32-55)66(52(14)91-72)98-68-44(6)41(3)61(57(93-68)38-87-101(76,77)78)95-70-47(9)59(46(8)50(12)89-70)83-34-53-27-20-17-21-28-53;3*2-1-3/h1,17-25,27-32,40-52,56-72H,16,26,33-39H2,2-14H3,(H,73,74,75)(H,76,77,78)(H,79,80,81);;;/p-3/t40-,41-,42-,43?,44?,45?,46-,47?,48?,49?,50?,51?,52?,56?,57?,58?,59-,60+,61+,62+,63+,64+,65+,66-,67?,68+,69+,70+,71+,72+;;;/m1.../s1. The third-order valence-corrected chi connectivity index (χ3v) is 22.5. The first-order valence-electron chi connectivity index (χ1n) is 36.5. The van der Waals surface area contributed by atoms with Gasteiger partial charge in [-0.2, -0.15) is 28.8 Å². The molecule has 30 atom stereocenters. The molecule has 3 aromatic rings. The molecule has 6 aliphatic rings. The highest BCUT2D eigenvalue weighted by atomic mass is 32.3. The summed E-state index contributed by atoms with van der Waals surface area (Å²) in [6.45, 7) is 23.2. The Morgan fingerprint density at radius 2 is 0.604 bits per heavy atom. The number of hydrogen-bond acceptors (Lipinski definition) is 33. The van der Waals surface area contributed by atoms with Crippen LogP contribution >= 0.6 is 0 Å². The van der Waals surface area contributed by atoms with Crippen LogP contribution in [0.15, 0.2) is 91.0 Å². The molecule has 9 rings (SSSR count). The molecule has 0 saturated carbocycles. The molecule has 6 aliphatic heterocycles. The highest BCUT2D eigenvalue weighted by Gasteiger charge is 2.56. The minimum absolute atomic E-state index is 0.0224. The van der Waals surface area contributed by atoms with E-state index >= 15 is 0 Å². The molecule has 0 N–H and O–H groups in total. The summed E-state index contributed by atoms with van der Waals surface area (Å²) in [5.74, 6) is -1.80. The van der Waals surface area contributed by atoms with Crippen LogP contribution < -0.4 is 0 Å². The molecule has 33 nitrogen and oxygen atoms in total. The molecule has 0 aromatic heterocycles. The van der Waals surface area contributed by atoms with Crippen molar-refractivity contribution in [3.63, 3.8) is 0 Å². The molecule has 6 heterocycles. The lowest BCUT2D eigenvalue weighted by molar-refractivity contribution is -0.376. The molecule has 0 bridgehead atoms. The van der Waals surface area contributed by atoms with Crippen LogP contribution in [0.5, 0.6) is 0 Å². The molecule has 6 saturated heterocycles. The van der Waals surface area contributed by atoms with Crippen molar-refractivity contribution >= 4 is 49.7 Å². The molecular formula is C75H103O33S3-3.